The van der Waals surface area contributed by atoms with Crippen molar-refractivity contribution >= 4 is 43.7 Å². The number of para-hydroxylation sites is 4. The highest BCUT2D eigenvalue weighted by molar-refractivity contribution is 6.14. The first-order valence-corrected chi connectivity index (χ1v) is 18.7. The number of furan rings is 1. The van der Waals surface area contributed by atoms with Crippen LogP contribution in [0.15, 0.2) is 217 Å². The molecular formula is C54H35NO. The van der Waals surface area contributed by atoms with Gasteiger partial charge < -0.3 is 8.98 Å². The van der Waals surface area contributed by atoms with Gasteiger partial charge in [-0.1, -0.05) is 170 Å². The lowest BCUT2D eigenvalue weighted by atomic mass is 9.91. The molecule has 2 heteroatoms. The fourth-order valence-corrected chi connectivity index (χ4v) is 8.15. The van der Waals surface area contributed by atoms with Crippen LogP contribution in [0.3, 0.4) is 0 Å². The third-order valence-corrected chi connectivity index (χ3v) is 10.7. The van der Waals surface area contributed by atoms with Gasteiger partial charge in [0.15, 0.2) is 0 Å². The van der Waals surface area contributed by atoms with Crippen LogP contribution in [0.25, 0.3) is 105 Å². The lowest BCUT2D eigenvalue weighted by Crippen LogP contribution is -1.98. The van der Waals surface area contributed by atoms with E-state index >= 15 is 0 Å². The van der Waals surface area contributed by atoms with E-state index in [0.29, 0.717) is 22.3 Å². The van der Waals surface area contributed by atoms with Crippen molar-refractivity contribution in [3.8, 4) is 61.3 Å². The molecule has 0 atom stereocenters. The number of hydrogen-bond acceptors (Lipinski definition) is 1. The number of fused-ring (bicyclic) bond motifs is 6. The maximum atomic E-state index is 9.28. The lowest BCUT2D eigenvalue weighted by Gasteiger charge is -2.17. The average molecular weight is 720 g/mol. The fraction of sp³-hybridized carbons (Fsp3) is 0. The second-order valence-electron chi connectivity index (χ2n) is 14.0. The highest BCUT2D eigenvalue weighted by atomic mass is 16.3. The van der Waals surface area contributed by atoms with Crippen molar-refractivity contribution in [3.05, 3.63) is 212 Å². The second-order valence-corrected chi connectivity index (χ2v) is 14.0. The van der Waals surface area contributed by atoms with Crippen LogP contribution in [0.2, 0.25) is 0 Å². The topological polar surface area (TPSA) is 18.1 Å². The van der Waals surface area contributed by atoms with Gasteiger partial charge in [-0.05, 0) is 81.4 Å². The third kappa shape index (κ3) is 5.26. The predicted octanol–water partition coefficient (Wildman–Crippen LogP) is 15.0. The van der Waals surface area contributed by atoms with Crippen LogP contribution in [0.1, 0.15) is 8.22 Å². The molecule has 0 aliphatic rings. The lowest BCUT2D eigenvalue weighted by molar-refractivity contribution is 0.671. The first-order valence-electron chi connectivity index (χ1n) is 21.7. The molecule has 0 saturated carbocycles. The molecule has 2 heterocycles. The van der Waals surface area contributed by atoms with Gasteiger partial charge in [-0.3, -0.25) is 0 Å². The van der Waals surface area contributed by atoms with Gasteiger partial charge in [-0.25, -0.2) is 0 Å². The molecule has 0 amide bonds. The van der Waals surface area contributed by atoms with E-state index in [1.54, 1.807) is 4.57 Å². The first-order chi connectivity index (χ1) is 30.2. The van der Waals surface area contributed by atoms with E-state index in [4.69, 9.17) is 9.90 Å². The van der Waals surface area contributed by atoms with E-state index in [0.717, 1.165) is 72.0 Å². The number of aromatic nitrogens is 1. The maximum absolute atomic E-state index is 9.28. The van der Waals surface area contributed by atoms with Crippen LogP contribution in [0.5, 0.6) is 0 Å². The van der Waals surface area contributed by atoms with Gasteiger partial charge in [-0.15, -0.1) is 0 Å². The van der Waals surface area contributed by atoms with Crippen molar-refractivity contribution < 1.29 is 12.6 Å². The molecule has 9 aromatic carbocycles. The molecule has 2 aromatic heterocycles. The largest absolute Gasteiger partial charge is 0.455 e. The first kappa shape index (κ1) is 26.4. The standard InChI is InChI=1S/C54H35NO/c1-4-16-36(17-5-1)40-32-41(37-18-6-2-7-19-37)34-42(33-40)39-30-31-52(55-50-28-12-10-22-44(50)45-23-11-13-29-51(45)55)49(35-39)48-27-15-26-47-46-25-14-24-43(53(46)56-54(47)48)38-20-8-3-9-21-38/h1-35H/i10D,11D,22D,23D,28D,29D. The molecule has 0 N–H and O–H groups in total. The van der Waals surface area contributed by atoms with E-state index < -0.39 is 0 Å². The highest BCUT2D eigenvalue weighted by Gasteiger charge is 2.21. The quantitative estimate of drug-likeness (QED) is 0.167. The molecule has 11 aromatic rings. The van der Waals surface area contributed by atoms with Crippen LogP contribution in [0, 0.1) is 0 Å². The molecule has 2 nitrogen and oxygen atoms in total. The maximum Gasteiger partial charge on any atom is 0.143 e. The van der Waals surface area contributed by atoms with Crippen LogP contribution in [-0.4, -0.2) is 4.57 Å². The van der Waals surface area contributed by atoms with E-state index in [-0.39, 0.29) is 47.0 Å². The van der Waals surface area contributed by atoms with Crippen LogP contribution in [0.4, 0.5) is 0 Å². The fourth-order valence-electron chi connectivity index (χ4n) is 8.15. The number of hydrogen-bond donors (Lipinski definition) is 0. The molecule has 56 heavy (non-hydrogen) atoms. The van der Waals surface area contributed by atoms with E-state index in [2.05, 4.69) is 78.9 Å². The molecule has 0 unspecified atom stereocenters. The Morgan fingerprint density at radius 1 is 0.339 bits per heavy atom. The van der Waals surface area contributed by atoms with Gasteiger partial charge in [-0.2, -0.15) is 0 Å². The van der Waals surface area contributed by atoms with Gasteiger partial charge in [0.1, 0.15) is 11.2 Å². The van der Waals surface area contributed by atoms with Crippen LogP contribution in [-0.2, 0) is 0 Å². The summed E-state index contributed by atoms with van der Waals surface area (Å²) in [4.78, 5) is 0. The summed E-state index contributed by atoms with van der Waals surface area (Å²) < 4.78 is 62.7. The zero-order valence-corrected chi connectivity index (χ0v) is 30.1. The number of benzene rings is 9. The molecule has 0 bridgehead atoms. The molecule has 11 rings (SSSR count). The summed E-state index contributed by atoms with van der Waals surface area (Å²) in [6.07, 6.45) is 0. The van der Waals surface area contributed by atoms with Crippen molar-refractivity contribution in [1.82, 2.24) is 4.57 Å². The Balaban J connectivity index is 1.26. The zero-order valence-electron chi connectivity index (χ0n) is 36.1. The molecule has 262 valence electrons. The summed E-state index contributed by atoms with van der Waals surface area (Å²) in [7, 11) is 0. The second kappa shape index (κ2) is 13.2. The molecule has 0 aliphatic carbocycles. The van der Waals surface area contributed by atoms with Gasteiger partial charge >= 0.3 is 0 Å². The SMILES string of the molecule is [2H]c1cc([2H])c2c(c1[2H])c1c([2H])c([2H])cc([2H])c1n2-c1ccc(-c2cc(-c3ccccc3)cc(-c3ccccc3)c2)cc1-c1cccc2c1oc1c(-c3ccccc3)cccc12. The average Bonchev–Trinajstić information content (AvgIpc) is 3.89. The Bertz CT molecular complexity index is 3450. The summed E-state index contributed by atoms with van der Waals surface area (Å²) in [6, 6.07) is 57.9. The summed E-state index contributed by atoms with van der Waals surface area (Å²) in [5, 5.41) is 2.30. The van der Waals surface area contributed by atoms with Crippen LogP contribution < -0.4 is 0 Å². The van der Waals surface area contributed by atoms with Crippen molar-refractivity contribution in [1.29, 1.82) is 0 Å². The number of nitrogens with zero attached hydrogens (tertiary/aromatic N) is 1. The number of rotatable bonds is 6. The van der Waals surface area contributed by atoms with Gasteiger partial charge in [0.2, 0.25) is 0 Å². The van der Waals surface area contributed by atoms with Gasteiger partial charge in [0.05, 0.1) is 24.9 Å². The minimum absolute atomic E-state index is 0.0185. The smallest absolute Gasteiger partial charge is 0.143 e. The predicted molar refractivity (Wildman–Crippen MR) is 235 cm³/mol. The van der Waals surface area contributed by atoms with Crippen molar-refractivity contribution in [2.75, 3.05) is 0 Å². The molecule has 0 saturated heterocycles. The van der Waals surface area contributed by atoms with Crippen molar-refractivity contribution in [2.45, 2.75) is 0 Å². The summed E-state index contributed by atoms with van der Waals surface area (Å²) in [5.74, 6) is 0. The molecule has 0 aliphatic heterocycles. The minimum atomic E-state index is -0.160. The summed E-state index contributed by atoms with van der Waals surface area (Å²) in [5.41, 5.74) is 12.3. The summed E-state index contributed by atoms with van der Waals surface area (Å²) >= 11 is 0. The minimum Gasteiger partial charge on any atom is -0.455 e. The summed E-state index contributed by atoms with van der Waals surface area (Å²) in [6.45, 7) is 0. The molecule has 0 radical (unpaired) electrons. The Labute approximate surface area is 333 Å². The van der Waals surface area contributed by atoms with Gasteiger partial charge in [0.25, 0.3) is 0 Å². The molecule has 0 fully saturated rings. The zero-order chi connectivity index (χ0) is 42.2. The molecule has 0 spiro atoms. The normalized spacial score (nSPS) is 13.1. The monoisotopic (exact) mass is 719 g/mol. The van der Waals surface area contributed by atoms with Crippen molar-refractivity contribution in [2.24, 2.45) is 0 Å². The van der Waals surface area contributed by atoms with Crippen molar-refractivity contribution in [3.63, 3.8) is 0 Å². The van der Waals surface area contributed by atoms with Crippen LogP contribution >= 0.6 is 0 Å². The van der Waals surface area contributed by atoms with E-state index in [1.165, 1.54) is 12.1 Å². The van der Waals surface area contributed by atoms with E-state index in [1.807, 2.05) is 84.9 Å². The Morgan fingerprint density at radius 3 is 1.41 bits per heavy atom. The van der Waals surface area contributed by atoms with Gasteiger partial charge in [0, 0.05) is 38.2 Å². The molecular weight excluding hydrogens is 679 g/mol. The Morgan fingerprint density at radius 2 is 0.839 bits per heavy atom. The Kier molecular flexibility index (Phi) is 6.20. The Hall–Kier alpha value is -7.42. The van der Waals surface area contributed by atoms with E-state index in [9.17, 15) is 2.74 Å². The highest BCUT2D eigenvalue weighted by Crippen LogP contribution is 2.44. The third-order valence-electron chi connectivity index (χ3n) is 10.7.